The topological polar surface area (TPSA) is 90.2 Å². The quantitative estimate of drug-likeness (QED) is 0.230. The van der Waals surface area contributed by atoms with Crippen LogP contribution < -0.4 is 0 Å². The smallest absolute Gasteiger partial charge is 0.233 e. The number of aliphatic hydroxyl groups is 3. The summed E-state index contributed by atoms with van der Waals surface area (Å²) in [5.41, 5.74) is 0. The largest absolute Gasteiger partial charge is 0.394 e. The SMILES string of the molecule is CCCCCCCCCCCCCCCCCCN1C(=O)CS[C@@H]1[C@H]1O[C@H](CO)[C@@H](O)[C@@H]1O. The maximum absolute atomic E-state index is 12.3. The van der Waals surface area contributed by atoms with Gasteiger partial charge in [-0.3, -0.25) is 4.79 Å². The number of hydrogen-bond donors (Lipinski definition) is 3. The zero-order chi connectivity index (χ0) is 23.9. The zero-order valence-corrected chi connectivity index (χ0v) is 21.7. The second-order valence-corrected chi connectivity index (χ2v) is 11.0. The Morgan fingerprint density at radius 2 is 1.30 bits per heavy atom. The average molecular weight is 488 g/mol. The summed E-state index contributed by atoms with van der Waals surface area (Å²) < 4.78 is 5.67. The van der Waals surface area contributed by atoms with Crippen LogP contribution in [0.2, 0.25) is 0 Å². The number of nitrogens with zero attached hydrogens (tertiary/aromatic N) is 1. The monoisotopic (exact) mass is 487 g/mol. The van der Waals surface area contributed by atoms with Crippen molar-refractivity contribution in [1.82, 2.24) is 4.90 Å². The Labute approximate surface area is 205 Å². The van der Waals surface area contributed by atoms with E-state index in [0.29, 0.717) is 12.3 Å². The Balaban J connectivity index is 1.46. The first kappa shape index (κ1) is 28.9. The molecule has 0 aromatic heterocycles. The van der Waals surface area contributed by atoms with Gasteiger partial charge >= 0.3 is 0 Å². The van der Waals surface area contributed by atoms with E-state index in [4.69, 9.17) is 4.74 Å². The third-order valence-electron chi connectivity index (χ3n) is 7.12. The van der Waals surface area contributed by atoms with Crippen molar-refractivity contribution in [3.05, 3.63) is 0 Å². The van der Waals surface area contributed by atoms with Gasteiger partial charge in [0.1, 0.15) is 29.8 Å². The van der Waals surface area contributed by atoms with Crippen LogP contribution in [-0.4, -0.2) is 74.8 Å². The Hall–Kier alpha value is -0.340. The summed E-state index contributed by atoms with van der Waals surface area (Å²) in [5.74, 6) is 0.458. The molecule has 194 valence electrons. The van der Waals surface area contributed by atoms with E-state index in [1.165, 1.54) is 102 Å². The third-order valence-corrected chi connectivity index (χ3v) is 8.40. The van der Waals surface area contributed by atoms with Crippen LogP contribution in [0.25, 0.3) is 0 Å². The number of ether oxygens (including phenoxy) is 1. The molecule has 1 amide bonds. The van der Waals surface area contributed by atoms with Crippen LogP contribution in [0, 0.1) is 0 Å². The molecule has 2 heterocycles. The normalized spacial score (nSPS) is 27.7. The molecular weight excluding hydrogens is 438 g/mol. The molecule has 0 aromatic rings. The highest BCUT2D eigenvalue weighted by Gasteiger charge is 2.50. The zero-order valence-electron chi connectivity index (χ0n) is 20.8. The average Bonchev–Trinajstić information content (AvgIpc) is 3.32. The minimum atomic E-state index is -1.10. The highest BCUT2D eigenvalue weighted by Crippen LogP contribution is 2.35. The van der Waals surface area contributed by atoms with Crippen molar-refractivity contribution in [2.45, 2.75) is 139 Å². The van der Waals surface area contributed by atoms with Gasteiger partial charge in [0.2, 0.25) is 5.91 Å². The first-order valence-corrected chi connectivity index (χ1v) is 14.7. The molecule has 33 heavy (non-hydrogen) atoms. The first-order chi connectivity index (χ1) is 16.1. The predicted molar refractivity (Wildman–Crippen MR) is 135 cm³/mol. The van der Waals surface area contributed by atoms with Gasteiger partial charge in [-0.15, -0.1) is 11.8 Å². The summed E-state index contributed by atoms with van der Waals surface area (Å²) in [6, 6.07) is 0. The fourth-order valence-electron chi connectivity index (χ4n) is 4.99. The Kier molecular flexibility index (Phi) is 15.0. The molecule has 0 aromatic carbocycles. The van der Waals surface area contributed by atoms with Crippen LogP contribution in [-0.2, 0) is 9.53 Å². The van der Waals surface area contributed by atoms with E-state index in [0.717, 1.165) is 12.8 Å². The standard InChI is InChI=1S/C26H49NO5S/c1-2-3-4-5-6-7-8-9-10-11-12-13-14-15-16-17-18-27-22(29)20-33-26(27)25-24(31)23(30)21(19-28)32-25/h21,23-26,28,30-31H,2-20H2,1H3/t21-,23-,24+,25+,26-/m1/s1. The number of hydrogen-bond acceptors (Lipinski definition) is 6. The third kappa shape index (κ3) is 10.0. The number of aliphatic hydroxyl groups excluding tert-OH is 3. The van der Waals surface area contributed by atoms with Crippen LogP contribution in [0.15, 0.2) is 0 Å². The van der Waals surface area contributed by atoms with E-state index in [1.807, 2.05) is 0 Å². The van der Waals surface area contributed by atoms with Gasteiger partial charge < -0.3 is 25.0 Å². The molecule has 2 aliphatic rings. The van der Waals surface area contributed by atoms with Gasteiger partial charge in [-0.2, -0.15) is 0 Å². The molecule has 2 fully saturated rings. The summed E-state index contributed by atoms with van der Waals surface area (Å²) in [6.07, 6.45) is 17.5. The van der Waals surface area contributed by atoms with E-state index in [9.17, 15) is 20.1 Å². The fourth-order valence-corrected chi connectivity index (χ4v) is 6.29. The number of amides is 1. The maximum atomic E-state index is 12.3. The molecule has 2 rings (SSSR count). The fraction of sp³-hybridized carbons (Fsp3) is 0.962. The lowest BCUT2D eigenvalue weighted by molar-refractivity contribution is -0.131. The second kappa shape index (κ2) is 17.1. The molecule has 2 saturated heterocycles. The van der Waals surface area contributed by atoms with Crippen LogP contribution in [0.1, 0.15) is 110 Å². The van der Waals surface area contributed by atoms with E-state index < -0.39 is 24.4 Å². The van der Waals surface area contributed by atoms with Gasteiger partial charge in [0.15, 0.2) is 0 Å². The Morgan fingerprint density at radius 1 is 0.818 bits per heavy atom. The molecule has 7 heteroatoms. The van der Waals surface area contributed by atoms with Crippen molar-refractivity contribution in [1.29, 1.82) is 0 Å². The lowest BCUT2D eigenvalue weighted by Crippen LogP contribution is -2.46. The van der Waals surface area contributed by atoms with Gasteiger partial charge in [-0.05, 0) is 6.42 Å². The number of unbranched alkanes of at least 4 members (excludes halogenated alkanes) is 15. The molecular formula is C26H49NO5S. The predicted octanol–water partition coefficient (Wildman–Crippen LogP) is 4.63. The summed E-state index contributed by atoms with van der Waals surface area (Å²) in [5, 5.41) is 29.3. The van der Waals surface area contributed by atoms with Crippen LogP contribution in [0.5, 0.6) is 0 Å². The number of carbonyl (C=O) groups is 1. The minimum absolute atomic E-state index is 0.0729. The molecule has 5 atom stereocenters. The summed E-state index contributed by atoms with van der Waals surface area (Å²) in [7, 11) is 0. The van der Waals surface area contributed by atoms with Gasteiger partial charge in [0.05, 0.1) is 12.4 Å². The van der Waals surface area contributed by atoms with Crippen molar-refractivity contribution in [3.8, 4) is 0 Å². The number of rotatable bonds is 19. The minimum Gasteiger partial charge on any atom is -0.394 e. The van der Waals surface area contributed by atoms with Gasteiger partial charge in [0.25, 0.3) is 0 Å². The molecule has 6 nitrogen and oxygen atoms in total. The summed E-state index contributed by atoms with van der Waals surface area (Å²) in [4.78, 5) is 14.1. The summed E-state index contributed by atoms with van der Waals surface area (Å²) >= 11 is 1.46. The van der Waals surface area contributed by atoms with Crippen LogP contribution >= 0.6 is 11.8 Å². The van der Waals surface area contributed by atoms with Crippen molar-refractivity contribution in [2.24, 2.45) is 0 Å². The molecule has 0 unspecified atom stereocenters. The van der Waals surface area contributed by atoms with Gasteiger partial charge in [-0.1, -0.05) is 103 Å². The molecule has 3 N–H and O–H groups in total. The molecule has 0 saturated carbocycles. The van der Waals surface area contributed by atoms with E-state index >= 15 is 0 Å². The van der Waals surface area contributed by atoms with Gasteiger partial charge in [-0.25, -0.2) is 0 Å². The van der Waals surface area contributed by atoms with Crippen molar-refractivity contribution < 1.29 is 24.9 Å². The first-order valence-electron chi connectivity index (χ1n) is 13.6. The number of carbonyl (C=O) groups excluding carboxylic acids is 1. The maximum Gasteiger partial charge on any atom is 0.233 e. The lowest BCUT2D eigenvalue weighted by atomic mass is 10.0. The van der Waals surface area contributed by atoms with E-state index in [1.54, 1.807) is 4.90 Å². The summed E-state index contributed by atoms with van der Waals surface area (Å²) in [6.45, 7) is 2.60. The van der Waals surface area contributed by atoms with E-state index in [2.05, 4.69) is 6.92 Å². The van der Waals surface area contributed by atoms with Gasteiger partial charge in [0, 0.05) is 6.54 Å². The highest BCUT2D eigenvalue weighted by molar-refractivity contribution is 8.01. The van der Waals surface area contributed by atoms with E-state index in [-0.39, 0.29) is 17.9 Å². The van der Waals surface area contributed by atoms with Crippen molar-refractivity contribution >= 4 is 17.7 Å². The molecule has 0 radical (unpaired) electrons. The van der Waals surface area contributed by atoms with Crippen LogP contribution in [0.3, 0.4) is 0 Å². The molecule has 0 bridgehead atoms. The molecule has 2 aliphatic heterocycles. The van der Waals surface area contributed by atoms with Crippen molar-refractivity contribution in [2.75, 3.05) is 18.9 Å². The Morgan fingerprint density at radius 3 is 1.76 bits per heavy atom. The molecule has 0 spiro atoms. The molecule has 0 aliphatic carbocycles. The second-order valence-electron chi connectivity index (χ2n) is 9.89. The lowest BCUT2D eigenvalue weighted by Gasteiger charge is -2.29. The van der Waals surface area contributed by atoms with Crippen molar-refractivity contribution in [3.63, 3.8) is 0 Å². The highest BCUT2D eigenvalue weighted by atomic mass is 32.2. The Bertz CT molecular complexity index is 523. The van der Waals surface area contributed by atoms with Crippen LogP contribution in [0.4, 0.5) is 0 Å². The number of thioether (sulfide) groups is 1.